The Bertz CT molecular complexity index is 1220. The summed E-state index contributed by atoms with van der Waals surface area (Å²) in [4.78, 5) is 14.3. The molecular formula is C24H16F3N3O2. The molecule has 160 valence electrons. The minimum Gasteiger partial charge on any atom is -0.457 e. The van der Waals surface area contributed by atoms with Crippen molar-refractivity contribution in [3.63, 3.8) is 0 Å². The zero-order chi connectivity index (χ0) is 23.1. The first-order chi connectivity index (χ1) is 15.3. The van der Waals surface area contributed by atoms with Crippen molar-refractivity contribution in [1.29, 1.82) is 10.5 Å². The van der Waals surface area contributed by atoms with Crippen molar-refractivity contribution in [2.24, 2.45) is 0 Å². The topological polar surface area (TPSA) is 81.0 Å². The van der Waals surface area contributed by atoms with Crippen molar-refractivity contribution < 1.29 is 22.4 Å². The first kappa shape index (κ1) is 22.4. The van der Waals surface area contributed by atoms with Gasteiger partial charge in [-0.15, -0.1) is 0 Å². The van der Waals surface area contributed by atoms with E-state index in [4.69, 9.17) is 9.68 Å². The van der Waals surface area contributed by atoms with E-state index in [2.05, 4.69) is 0 Å². The van der Waals surface area contributed by atoms with E-state index < -0.39 is 17.6 Å². The maximum Gasteiger partial charge on any atom is 0.416 e. The molecule has 0 spiro atoms. The molecule has 0 aliphatic rings. The third-order valence-corrected chi connectivity index (χ3v) is 4.50. The van der Waals surface area contributed by atoms with E-state index in [0.29, 0.717) is 5.69 Å². The number of carbonyl (C=O) groups is 1. The van der Waals surface area contributed by atoms with Gasteiger partial charge in [0.2, 0.25) is 0 Å². The highest BCUT2D eigenvalue weighted by Gasteiger charge is 2.30. The van der Waals surface area contributed by atoms with Crippen LogP contribution >= 0.6 is 0 Å². The largest absolute Gasteiger partial charge is 0.457 e. The summed E-state index contributed by atoms with van der Waals surface area (Å²) in [6, 6.07) is 20.0. The predicted molar refractivity (Wildman–Crippen MR) is 112 cm³/mol. The van der Waals surface area contributed by atoms with E-state index in [1.807, 2.05) is 12.1 Å². The molecule has 0 radical (unpaired) electrons. The van der Waals surface area contributed by atoms with E-state index in [0.717, 1.165) is 12.1 Å². The Morgan fingerprint density at radius 2 is 1.78 bits per heavy atom. The monoisotopic (exact) mass is 435 g/mol. The smallest absolute Gasteiger partial charge is 0.416 e. The van der Waals surface area contributed by atoms with Gasteiger partial charge in [-0.25, -0.2) is 0 Å². The number of hydrogen-bond acceptors (Lipinski definition) is 4. The number of alkyl halides is 3. The van der Waals surface area contributed by atoms with Crippen LogP contribution in [0, 0.1) is 22.7 Å². The van der Waals surface area contributed by atoms with E-state index in [9.17, 15) is 23.2 Å². The second kappa shape index (κ2) is 9.67. The fourth-order valence-corrected chi connectivity index (χ4v) is 2.98. The lowest BCUT2D eigenvalue weighted by Crippen LogP contribution is -2.32. The summed E-state index contributed by atoms with van der Waals surface area (Å²) in [6.07, 6.45) is -3.20. The number of nitrogens with zero attached hydrogens (tertiary/aromatic N) is 3. The van der Waals surface area contributed by atoms with E-state index >= 15 is 0 Å². The number of anilines is 1. The maximum atomic E-state index is 13.0. The Labute approximate surface area is 182 Å². The maximum absolute atomic E-state index is 13.0. The van der Waals surface area contributed by atoms with Crippen LogP contribution in [0.1, 0.15) is 17.7 Å². The van der Waals surface area contributed by atoms with Crippen LogP contribution in [0.25, 0.3) is 17.4 Å². The molecule has 0 aliphatic heterocycles. The highest BCUT2D eigenvalue weighted by atomic mass is 19.4. The number of para-hydroxylation sites is 1. The van der Waals surface area contributed by atoms with Crippen molar-refractivity contribution in [3.8, 4) is 23.5 Å². The van der Waals surface area contributed by atoms with Gasteiger partial charge in [0.1, 0.15) is 23.2 Å². The SMILES string of the molecule is N#CCCN(C(=O)/C(C#N)=C/c1ccc(-c2cccc(C(F)(F)F)c2)o1)c1ccccc1. The number of hydrogen-bond donors (Lipinski definition) is 0. The van der Waals surface area contributed by atoms with Crippen molar-refractivity contribution in [2.45, 2.75) is 12.6 Å². The standard InChI is InChI=1S/C24H16F3N3O2/c25-24(26,27)19-7-4-6-17(14-19)22-11-10-21(32-22)15-18(16-29)23(31)30(13-5-12-28)20-8-2-1-3-9-20/h1-4,6-11,14-15H,5,13H2/b18-15+. The van der Waals surface area contributed by atoms with Crippen molar-refractivity contribution in [2.75, 3.05) is 11.4 Å². The molecule has 0 atom stereocenters. The minimum absolute atomic E-state index is 0.0692. The van der Waals surface area contributed by atoms with Crippen molar-refractivity contribution >= 4 is 17.7 Å². The number of furan rings is 1. The average molecular weight is 435 g/mol. The fraction of sp³-hybridized carbons (Fsp3) is 0.125. The third kappa shape index (κ3) is 5.24. The van der Waals surface area contributed by atoms with Gasteiger partial charge in [0, 0.05) is 23.9 Å². The van der Waals surface area contributed by atoms with Crippen LogP contribution < -0.4 is 4.90 Å². The molecule has 32 heavy (non-hydrogen) atoms. The Hall–Kier alpha value is -4.30. The Balaban J connectivity index is 1.90. The molecule has 1 aromatic heterocycles. The van der Waals surface area contributed by atoms with Crippen LogP contribution in [-0.2, 0) is 11.0 Å². The van der Waals surface area contributed by atoms with Crippen molar-refractivity contribution in [3.05, 3.63) is 83.6 Å². The quantitative estimate of drug-likeness (QED) is 0.361. The van der Waals surface area contributed by atoms with Crippen LogP contribution in [0.2, 0.25) is 0 Å². The highest BCUT2D eigenvalue weighted by Crippen LogP contribution is 2.33. The molecule has 2 aromatic carbocycles. The normalized spacial score (nSPS) is 11.5. The number of amides is 1. The summed E-state index contributed by atoms with van der Waals surface area (Å²) >= 11 is 0. The van der Waals surface area contributed by atoms with Gasteiger partial charge >= 0.3 is 6.18 Å². The molecule has 0 N–H and O–H groups in total. The molecule has 8 heteroatoms. The van der Waals surface area contributed by atoms with Gasteiger partial charge in [-0.3, -0.25) is 4.79 Å². The molecule has 0 bridgehead atoms. The molecule has 0 fully saturated rings. The molecule has 0 unspecified atom stereocenters. The minimum atomic E-state index is -4.49. The molecule has 3 aromatic rings. The zero-order valence-corrected chi connectivity index (χ0v) is 16.6. The summed E-state index contributed by atoms with van der Waals surface area (Å²) < 4.78 is 44.5. The van der Waals surface area contributed by atoms with Crippen LogP contribution in [0.4, 0.5) is 18.9 Å². The van der Waals surface area contributed by atoms with Gasteiger partial charge in [-0.05, 0) is 36.4 Å². The second-order valence-corrected chi connectivity index (χ2v) is 6.65. The molecule has 3 rings (SSSR count). The number of carbonyl (C=O) groups excluding carboxylic acids is 1. The van der Waals surface area contributed by atoms with Gasteiger partial charge in [0.25, 0.3) is 5.91 Å². The van der Waals surface area contributed by atoms with Crippen LogP contribution in [0.5, 0.6) is 0 Å². The summed E-state index contributed by atoms with van der Waals surface area (Å²) in [5.41, 5.74) is -0.314. The number of halogens is 3. The first-order valence-corrected chi connectivity index (χ1v) is 9.46. The Kier molecular flexibility index (Phi) is 6.77. The summed E-state index contributed by atoms with van der Waals surface area (Å²) in [6.45, 7) is 0.0893. The molecule has 1 amide bonds. The lowest BCUT2D eigenvalue weighted by molar-refractivity contribution is -0.137. The Morgan fingerprint density at radius 3 is 2.44 bits per heavy atom. The number of nitriles is 2. The summed E-state index contributed by atoms with van der Waals surface area (Å²) in [5.74, 6) is -0.321. The van der Waals surface area contributed by atoms with Gasteiger partial charge in [0.05, 0.1) is 18.1 Å². The lowest BCUT2D eigenvalue weighted by Gasteiger charge is -2.21. The second-order valence-electron chi connectivity index (χ2n) is 6.65. The highest BCUT2D eigenvalue weighted by molar-refractivity contribution is 6.11. The molecule has 0 saturated heterocycles. The summed E-state index contributed by atoms with van der Waals surface area (Å²) in [5, 5.41) is 18.4. The Morgan fingerprint density at radius 1 is 1.03 bits per heavy atom. The lowest BCUT2D eigenvalue weighted by atomic mass is 10.1. The molecule has 1 heterocycles. The number of benzene rings is 2. The van der Waals surface area contributed by atoms with Crippen LogP contribution in [0.3, 0.4) is 0 Å². The third-order valence-electron chi connectivity index (χ3n) is 4.50. The summed E-state index contributed by atoms with van der Waals surface area (Å²) in [7, 11) is 0. The fourth-order valence-electron chi connectivity index (χ4n) is 2.98. The van der Waals surface area contributed by atoms with Gasteiger partial charge < -0.3 is 9.32 Å². The van der Waals surface area contributed by atoms with Crippen LogP contribution in [0.15, 0.2) is 76.7 Å². The molecular weight excluding hydrogens is 419 g/mol. The van der Waals surface area contributed by atoms with E-state index in [1.165, 1.54) is 35.2 Å². The van der Waals surface area contributed by atoms with Gasteiger partial charge in [0.15, 0.2) is 0 Å². The number of rotatable bonds is 6. The van der Waals surface area contributed by atoms with E-state index in [1.54, 1.807) is 30.3 Å². The molecule has 0 aliphatic carbocycles. The predicted octanol–water partition coefficient (Wildman–Crippen LogP) is 5.82. The van der Waals surface area contributed by atoms with Crippen molar-refractivity contribution in [1.82, 2.24) is 0 Å². The van der Waals surface area contributed by atoms with Crippen LogP contribution in [-0.4, -0.2) is 12.5 Å². The van der Waals surface area contributed by atoms with Gasteiger partial charge in [-0.2, -0.15) is 23.7 Å². The zero-order valence-electron chi connectivity index (χ0n) is 16.6. The average Bonchev–Trinajstić information content (AvgIpc) is 3.26. The molecule has 0 saturated carbocycles. The van der Waals surface area contributed by atoms with Gasteiger partial charge in [-0.1, -0.05) is 30.3 Å². The van der Waals surface area contributed by atoms with E-state index in [-0.39, 0.29) is 35.6 Å². The first-order valence-electron chi connectivity index (χ1n) is 9.46. The molecule has 5 nitrogen and oxygen atoms in total.